The van der Waals surface area contributed by atoms with Crippen LogP contribution in [-0.2, 0) is 0 Å². The van der Waals surface area contributed by atoms with Gasteiger partial charge in [0.1, 0.15) is 17.4 Å². The van der Waals surface area contributed by atoms with Gasteiger partial charge in [-0.05, 0) is 48.9 Å². The highest BCUT2D eigenvalue weighted by Gasteiger charge is 2.20. The number of halogens is 2. The fourth-order valence-electron chi connectivity index (χ4n) is 2.52. The quantitative estimate of drug-likeness (QED) is 0.528. The van der Waals surface area contributed by atoms with Crippen LogP contribution < -0.4 is 11.0 Å². The van der Waals surface area contributed by atoms with Gasteiger partial charge in [0.2, 0.25) is 0 Å². The second kappa shape index (κ2) is 8.46. The van der Waals surface area contributed by atoms with Crippen LogP contribution >= 0.6 is 11.6 Å². The van der Waals surface area contributed by atoms with Crippen molar-refractivity contribution in [1.82, 2.24) is 15.2 Å². The molecule has 0 aliphatic rings. The molecule has 144 valence electrons. The topological polar surface area (TPSA) is 100 Å². The third-order valence-corrected chi connectivity index (χ3v) is 4.20. The molecule has 1 N–H and O–H groups in total. The van der Waals surface area contributed by atoms with Gasteiger partial charge < -0.3 is 0 Å². The van der Waals surface area contributed by atoms with E-state index in [0.29, 0.717) is 10.6 Å². The lowest BCUT2D eigenvalue weighted by Crippen LogP contribution is -2.31. The number of nitrogens with zero attached hydrogens (tertiary/aromatic N) is 4. The molecule has 0 spiro atoms. The number of hydrogen-bond donors (Lipinski definition) is 1. The van der Waals surface area contributed by atoms with E-state index in [4.69, 9.17) is 11.6 Å². The number of carbonyl (C=O) groups is 1. The number of nitrogens with one attached hydrogen (secondary N) is 1. The Morgan fingerprint density at radius 2 is 2.03 bits per heavy atom. The van der Waals surface area contributed by atoms with Crippen LogP contribution in [-0.4, -0.2) is 21.9 Å². The first-order chi connectivity index (χ1) is 13.9. The number of rotatable bonds is 4. The third kappa shape index (κ3) is 4.36. The van der Waals surface area contributed by atoms with Gasteiger partial charge in [0.05, 0.1) is 11.9 Å². The molecule has 0 atom stereocenters. The van der Waals surface area contributed by atoms with Crippen molar-refractivity contribution in [3.8, 4) is 11.8 Å². The van der Waals surface area contributed by atoms with Crippen molar-refractivity contribution in [2.45, 2.75) is 6.92 Å². The number of hydrogen-bond acceptors (Lipinski definition) is 5. The highest BCUT2D eigenvalue weighted by atomic mass is 35.5. The summed E-state index contributed by atoms with van der Waals surface area (Å²) < 4.78 is 14.1. The molecule has 0 bridgehead atoms. The maximum Gasteiger partial charge on any atom is 0.292 e. The van der Waals surface area contributed by atoms with E-state index in [-0.39, 0.29) is 22.5 Å². The van der Waals surface area contributed by atoms with Crippen molar-refractivity contribution in [3.63, 3.8) is 0 Å². The highest BCUT2D eigenvalue weighted by molar-refractivity contribution is 6.30. The molecule has 7 nitrogen and oxygen atoms in total. The molecule has 3 aromatic rings. The van der Waals surface area contributed by atoms with E-state index < -0.39 is 17.3 Å². The number of aromatic nitrogens is 2. The van der Waals surface area contributed by atoms with E-state index in [0.717, 1.165) is 16.8 Å². The van der Waals surface area contributed by atoms with E-state index in [1.165, 1.54) is 25.3 Å². The summed E-state index contributed by atoms with van der Waals surface area (Å²) in [6.07, 6.45) is 1.39. The Morgan fingerprint density at radius 3 is 2.69 bits per heavy atom. The Bertz CT molecular complexity index is 1210. The average Bonchev–Trinajstić information content (AvgIpc) is 2.69. The maximum absolute atomic E-state index is 13.2. The number of amides is 1. The van der Waals surface area contributed by atoms with Gasteiger partial charge in [-0.1, -0.05) is 23.7 Å². The van der Waals surface area contributed by atoms with Gasteiger partial charge in [-0.2, -0.15) is 20.1 Å². The second-order valence-corrected chi connectivity index (χ2v) is 6.34. The Morgan fingerprint density at radius 1 is 1.31 bits per heavy atom. The Kier molecular flexibility index (Phi) is 5.81. The molecule has 0 saturated carbocycles. The zero-order valence-corrected chi connectivity index (χ0v) is 15.8. The van der Waals surface area contributed by atoms with Gasteiger partial charge in [0.25, 0.3) is 11.5 Å². The molecule has 0 fully saturated rings. The summed E-state index contributed by atoms with van der Waals surface area (Å²) in [7, 11) is 0. The number of nitriles is 1. The maximum atomic E-state index is 13.2. The summed E-state index contributed by atoms with van der Waals surface area (Å²) in [6.45, 7) is 1.44. The van der Waals surface area contributed by atoms with E-state index >= 15 is 0 Å². The standard InChI is InChI=1S/C20H13ClFN5O2/c1-12-17(10-23)20(29)27(16-7-5-15(22)6-8-16)26-18(12)19(28)25-24-11-13-3-2-4-14(21)9-13/h2-9,11H,1H3,(H,25,28)/b24-11+. The summed E-state index contributed by atoms with van der Waals surface area (Å²) in [5.74, 6) is -1.21. The predicted molar refractivity (Wildman–Crippen MR) is 106 cm³/mol. The van der Waals surface area contributed by atoms with Crippen molar-refractivity contribution < 1.29 is 9.18 Å². The van der Waals surface area contributed by atoms with Crippen molar-refractivity contribution in [2.75, 3.05) is 0 Å². The molecular formula is C20H13ClFN5O2. The van der Waals surface area contributed by atoms with Crippen molar-refractivity contribution in [1.29, 1.82) is 5.26 Å². The lowest BCUT2D eigenvalue weighted by Gasteiger charge is -2.10. The summed E-state index contributed by atoms with van der Waals surface area (Å²) in [5, 5.41) is 17.8. The van der Waals surface area contributed by atoms with E-state index in [2.05, 4.69) is 15.6 Å². The molecule has 0 unspecified atom stereocenters. The number of carbonyl (C=O) groups excluding carboxylic acids is 1. The largest absolute Gasteiger partial charge is 0.292 e. The lowest BCUT2D eigenvalue weighted by molar-refractivity contribution is 0.0947. The molecule has 1 aromatic heterocycles. The summed E-state index contributed by atoms with van der Waals surface area (Å²) >= 11 is 5.89. The van der Waals surface area contributed by atoms with Crippen LogP contribution in [0.1, 0.15) is 27.2 Å². The number of benzene rings is 2. The minimum atomic E-state index is -0.715. The predicted octanol–water partition coefficient (Wildman–Crippen LogP) is 2.97. The van der Waals surface area contributed by atoms with E-state index in [9.17, 15) is 19.2 Å². The zero-order valence-electron chi connectivity index (χ0n) is 15.1. The molecule has 0 radical (unpaired) electrons. The molecule has 29 heavy (non-hydrogen) atoms. The van der Waals surface area contributed by atoms with Gasteiger partial charge in [0.15, 0.2) is 5.69 Å². The van der Waals surface area contributed by atoms with Crippen LogP contribution in [0.25, 0.3) is 5.69 Å². The Labute approximate surface area is 169 Å². The zero-order chi connectivity index (χ0) is 21.0. The summed E-state index contributed by atoms with van der Waals surface area (Å²) in [5.41, 5.74) is 2.19. The van der Waals surface area contributed by atoms with Gasteiger partial charge >= 0.3 is 0 Å². The first-order valence-electron chi connectivity index (χ1n) is 8.29. The normalized spacial score (nSPS) is 10.7. The lowest BCUT2D eigenvalue weighted by atomic mass is 10.1. The smallest absolute Gasteiger partial charge is 0.266 e. The summed E-state index contributed by atoms with van der Waals surface area (Å²) in [6, 6.07) is 13.5. The van der Waals surface area contributed by atoms with Gasteiger partial charge in [0, 0.05) is 10.6 Å². The monoisotopic (exact) mass is 409 g/mol. The van der Waals surface area contributed by atoms with Crippen LogP contribution in [0, 0.1) is 24.1 Å². The Hall–Kier alpha value is -3.83. The molecule has 2 aromatic carbocycles. The van der Waals surface area contributed by atoms with Gasteiger partial charge in [-0.15, -0.1) is 0 Å². The molecule has 1 heterocycles. The first-order valence-corrected chi connectivity index (χ1v) is 8.67. The third-order valence-electron chi connectivity index (χ3n) is 3.96. The fraction of sp³-hybridized carbons (Fsp3) is 0.0500. The van der Waals surface area contributed by atoms with Crippen LogP contribution in [0.4, 0.5) is 4.39 Å². The van der Waals surface area contributed by atoms with Gasteiger partial charge in [-0.25, -0.2) is 9.82 Å². The molecule has 1 amide bonds. The molecule has 9 heteroatoms. The SMILES string of the molecule is Cc1c(C(=O)N/N=C/c2cccc(Cl)c2)nn(-c2ccc(F)cc2)c(=O)c1C#N. The van der Waals surface area contributed by atoms with Gasteiger partial charge in [-0.3, -0.25) is 9.59 Å². The van der Waals surface area contributed by atoms with E-state index in [1.807, 2.05) is 0 Å². The highest BCUT2D eigenvalue weighted by Crippen LogP contribution is 2.12. The second-order valence-electron chi connectivity index (χ2n) is 5.91. The molecule has 0 aliphatic carbocycles. The van der Waals surface area contributed by atoms with Crippen LogP contribution in [0.2, 0.25) is 5.02 Å². The minimum absolute atomic E-state index is 0.117. The average molecular weight is 410 g/mol. The molecule has 3 rings (SSSR count). The molecule has 0 saturated heterocycles. The van der Waals surface area contributed by atoms with Crippen LogP contribution in [0.15, 0.2) is 58.4 Å². The molecular weight excluding hydrogens is 397 g/mol. The van der Waals surface area contributed by atoms with Crippen LogP contribution in [0.3, 0.4) is 0 Å². The molecule has 0 aliphatic heterocycles. The van der Waals surface area contributed by atoms with Crippen LogP contribution in [0.5, 0.6) is 0 Å². The first kappa shape index (κ1) is 19.9. The van der Waals surface area contributed by atoms with Crippen molar-refractivity contribution in [3.05, 3.63) is 92.1 Å². The number of hydrazone groups is 1. The minimum Gasteiger partial charge on any atom is -0.266 e. The van der Waals surface area contributed by atoms with Crippen molar-refractivity contribution in [2.24, 2.45) is 5.10 Å². The Balaban J connectivity index is 1.96. The summed E-state index contributed by atoms with van der Waals surface area (Å²) in [4.78, 5) is 25.1. The van der Waals surface area contributed by atoms with E-state index in [1.54, 1.807) is 30.3 Å². The fourth-order valence-corrected chi connectivity index (χ4v) is 2.71. The van der Waals surface area contributed by atoms with Crippen molar-refractivity contribution >= 4 is 23.7 Å².